The van der Waals surface area contributed by atoms with E-state index >= 15 is 0 Å². The number of ether oxygens (including phenoxy) is 1. The number of aromatic nitrogens is 1. The lowest BCUT2D eigenvalue weighted by atomic mass is 10.1. The second-order valence-corrected chi connectivity index (χ2v) is 6.97. The van der Waals surface area contributed by atoms with Gasteiger partial charge in [-0.1, -0.05) is 0 Å². The molecule has 1 fully saturated rings. The van der Waals surface area contributed by atoms with Crippen molar-refractivity contribution in [2.24, 2.45) is 5.41 Å². The number of carbonyl (C=O) groups excluding carboxylic acids is 2. The summed E-state index contributed by atoms with van der Waals surface area (Å²) in [5.74, 6) is -1.01. The molecule has 19 heavy (non-hydrogen) atoms. The summed E-state index contributed by atoms with van der Waals surface area (Å²) in [6, 6.07) is 0. The summed E-state index contributed by atoms with van der Waals surface area (Å²) in [6.45, 7) is 3.05. The van der Waals surface area contributed by atoms with Crippen molar-refractivity contribution in [3.63, 3.8) is 0 Å². The maximum absolute atomic E-state index is 11.7. The topological polar surface area (TPSA) is 68.3 Å². The zero-order valence-electron chi connectivity index (χ0n) is 10.3. The van der Waals surface area contributed by atoms with Gasteiger partial charge in [-0.2, -0.15) is 0 Å². The third kappa shape index (κ3) is 3.01. The van der Waals surface area contributed by atoms with E-state index in [2.05, 4.69) is 10.3 Å². The average Bonchev–Trinajstić information content (AvgIpc) is 2.65. The van der Waals surface area contributed by atoms with Gasteiger partial charge in [0.1, 0.15) is 9.75 Å². The molecule has 1 aromatic heterocycles. The van der Waals surface area contributed by atoms with E-state index in [4.69, 9.17) is 27.9 Å². The van der Waals surface area contributed by atoms with Gasteiger partial charge in [0.15, 0.2) is 11.7 Å². The summed E-state index contributed by atoms with van der Waals surface area (Å²) in [5, 5.41) is 4.82. The Labute approximate surface area is 124 Å². The summed E-state index contributed by atoms with van der Waals surface area (Å²) in [6.07, 6.45) is 0.329. The number of anilines is 1. The van der Waals surface area contributed by atoms with E-state index in [1.807, 2.05) is 12.3 Å². The number of hydrogen-bond donors (Lipinski definition) is 1. The van der Waals surface area contributed by atoms with Crippen LogP contribution in [0.5, 0.6) is 0 Å². The number of alkyl halides is 2. The maximum atomic E-state index is 11.7. The number of rotatable bonds is 4. The van der Waals surface area contributed by atoms with Gasteiger partial charge in [-0.15, -0.1) is 34.5 Å². The fourth-order valence-corrected chi connectivity index (χ4v) is 2.87. The van der Waals surface area contributed by atoms with Crippen molar-refractivity contribution in [2.45, 2.75) is 24.6 Å². The molecule has 0 radical (unpaired) electrons. The summed E-state index contributed by atoms with van der Waals surface area (Å²) in [5.41, 5.74) is -0.106. The Morgan fingerprint density at radius 2 is 2.21 bits per heavy atom. The van der Waals surface area contributed by atoms with Crippen molar-refractivity contribution in [3.05, 3.63) is 11.1 Å². The standard InChI is InChI=1S/C11H12Cl2N2O3S/c1-6-4-19-9(14-6)15-7(16)3-18-8(17)10(2)5-11(10,12)13/h4H,3,5H2,1-2H3,(H,14,15,16). The maximum Gasteiger partial charge on any atom is 0.315 e. The molecule has 1 unspecified atom stereocenters. The van der Waals surface area contributed by atoms with Crippen LogP contribution in [0, 0.1) is 12.3 Å². The molecule has 0 saturated heterocycles. The Morgan fingerprint density at radius 3 is 2.68 bits per heavy atom. The van der Waals surface area contributed by atoms with Crippen LogP contribution in [0.4, 0.5) is 5.13 Å². The Balaban J connectivity index is 1.80. The monoisotopic (exact) mass is 322 g/mol. The Morgan fingerprint density at radius 1 is 1.58 bits per heavy atom. The molecule has 2 rings (SSSR count). The zero-order valence-corrected chi connectivity index (χ0v) is 12.7. The highest BCUT2D eigenvalue weighted by Crippen LogP contribution is 2.64. The van der Waals surface area contributed by atoms with E-state index in [0.717, 1.165) is 5.69 Å². The van der Waals surface area contributed by atoms with Gasteiger partial charge < -0.3 is 4.74 Å². The van der Waals surface area contributed by atoms with Crippen molar-refractivity contribution in [1.29, 1.82) is 0 Å². The molecule has 1 aliphatic carbocycles. The minimum absolute atomic E-state index is 0.329. The van der Waals surface area contributed by atoms with Crippen molar-refractivity contribution in [3.8, 4) is 0 Å². The number of esters is 1. The van der Waals surface area contributed by atoms with E-state index in [1.165, 1.54) is 11.3 Å². The molecule has 0 aliphatic heterocycles. The van der Waals surface area contributed by atoms with Crippen LogP contribution in [0.2, 0.25) is 0 Å². The van der Waals surface area contributed by atoms with Gasteiger partial charge in [0.05, 0.1) is 5.69 Å². The van der Waals surface area contributed by atoms with Gasteiger partial charge in [0.25, 0.3) is 5.91 Å². The van der Waals surface area contributed by atoms with Gasteiger partial charge in [-0.05, 0) is 13.8 Å². The van der Waals surface area contributed by atoms with Gasteiger partial charge in [-0.3, -0.25) is 14.9 Å². The number of halogens is 2. The average molecular weight is 323 g/mol. The van der Waals surface area contributed by atoms with Crippen LogP contribution < -0.4 is 5.32 Å². The smallest absolute Gasteiger partial charge is 0.315 e. The minimum atomic E-state index is -1.09. The Hall–Kier alpha value is -0.850. The van der Waals surface area contributed by atoms with Gasteiger partial charge in [0, 0.05) is 11.8 Å². The molecular formula is C11H12Cl2N2O3S. The predicted molar refractivity (Wildman–Crippen MR) is 73.6 cm³/mol. The molecule has 0 aromatic carbocycles. The summed E-state index contributed by atoms with van der Waals surface area (Å²) in [4.78, 5) is 27.3. The van der Waals surface area contributed by atoms with Crippen molar-refractivity contribution < 1.29 is 14.3 Å². The molecule has 8 heteroatoms. The molecule has 1 aromatic rings. The third-order valence-corrected chi connectivity index (χ3v) is 4.89. The van der Waals surface area contributed by atoms with Gasteiger partial charge in [0.2, 0.25) is 0 Å². The highest BCUT2D eigenvalue weighted by Gasteiger charge is 2.69. The van der Waals surface area contributed by atoms with Crippen molar-refractivity contribution in [2.75, 3.05) is 11.9 Å². The first-order chi connectivity index (χ1) is 8.74. The lowest BCUT2D eigenvalue weighted by molar-refractivity contribution is -0.152. The van der Waals surface area contributed by atoms with E-state index in [9.17, 15) is 9.59 Å². The number of aryl methyl sites for hydroxylation is 1. The normalized spacial score (nSPS) is 23.8. The minimum Gasteiger partial charge on any atom is -0.455 e. The first-order valence-corrected chi connectivity index (χ1v) is 7.15. The van der Waals surface area contributed by atoms with Crippen LogP contribution in [-0.2, 0) is 14.3 Å². The number of amides is 1. The number of nitrogens with zero attached hydrogens (tertiary/aromatic N) is 1. The van der Waals surface area contributed by atoms with E-state index in [0.29, 0.717) is 11.6 Å². The van der Waals surface area contributed by atoms with Crippen molar-refractivity contribution >= 4 is 51.5 Å². The molecule has 1 atom stereocenters. The Bertz CT molecular complexity index is 532. The Kier molecular flexibility index (Phi) is 3.77. The predicted octanol–water partition coefficient (Wildman–Crippen LogP) is 2.52. The fraction of sp³-hybridized carbons (Fsp3) is 0.545. The van der Waals surface area contributed by atoms with Crippen LogP contribution in [0.3, 0.4) is 0 Å². The third-order valence-electron chi connectivity index (χ3n) is 2.91. The second-order valence-electron chi connectivity index (χ2n) is 4.63. The molecule has 104 valence electrons. The molecular weight excluding hydrogens is 311 g/mol. The summed E-state index contributed by atoms with van der Waals surface area (Å²) < 4.78 is 3.81. The first-order valence-electron chi connectivity index (χ1n) is 5.52. The molecule has 1 aliphatic rings. The molecule has 1 amide bonds. The summed E-state index contributed by atoms with van der Waals surface area (Å²) >= 11 is 13.0. The number of nitrogens with one attached hydrogen (secondary N) is 1. The fourth-order valence-electron chi connectivity index (χ4n) is 1.48. The lowest BCUT2D eigenvalue weighted by Crippen LogP contribution is -2.26. The first kappa shape index (κ1) is 14.6. The molecule has 0 spiro atoms. The quantitative estimate of drug-likeness (QED) is 0.683. The summed E-state index contributed by atoms with van der Waals surface area (Å²) in [7, 11) is 0. The lowest BCUT2D eigenvalue weighted by Gasteiger charge is -2.11. The van der Waals surface area contributed by atoms with Crippen molar-refractivity contribution in [1.82, 2.24) is 4.98 Å². The van der Waals surface area contributed by atoms with Crippen LogP contribution in [0.1, 0.15) is 19.0 Å². The number of carbonyl (C=O) groups is 2. The van der Waals surface area contributed by atoms with Crippen LogP contribution in [0.25, 0.3) is 0 Å². The van der Waals surface area contributed by atoms with E-state index in [1.54, 1.807) is 6.92 Å². The van der Waals surface area contributed by atoms with Gasteiger partial charge in [-0.25, -0.2) is 4.98 Å². The zero-order chi connectivity index (χ0) is 14.3. The molecule has 1 N–H and O–H groups in total. The van der Waals surface area contributed by atoms with E-state index in [-0.39, 0.29) is 6.61 Å². The number of thiazole rings is 1. The highest BCUT2D eigenvalue weighted by molar-refractivity contribution is 7.13. The van der Waals surface area contributed by atoms with E-state index < -0.39 is 21.6 Å². The molecule has 1 heterocycles. The highest BCUT2D eigenvalue weighted by atomic mass is 35.5. The number of hydrogen-bond acceptors (Lipinski definition) is 5. The molecule has 5 nitrogen and oxygen atoms in total. The largest absolute Gasteiger partial charge is 0.455 e. The SMILES string of the molecule is Cc1csc(NC(=O)COC(=O)C2(C)CC2(Cl)Cl)n1. The van der Waals surface area contributed by atoms with Crippen LogP contribution in [-0.4, -0.2) is 27.8 Å². The molecule has 0 bridgehead atoms. The van der Waals surface area contributed by atoms with Crippen LogP contribution in [0.15, 0.2) is 5.38 Å². The molecule has 1 saturated carbocycles. The second kappa shape index (κ2) is 4.92. The van der Waals surface area contributed by atoms with Crippen LogP contribution >= 0.6 is 34.5 Å². The van der Waals surface area contributed by atoms with Gasteiger partial charge >= 0.3 is 5.97 Å².